The lowest BCUT2D eigenvalue weighted by Gasteiger charge is -2.22. The van der Waals surface area contributed by atoms with Gasteiger partial charge in [0.15, 0.2) is 0 Å². The second-order valence-corrected chi connectivity index (χ2v) is 5.72. The van der Waals surface area contributed by atoms with E-state index in [0.29, 0.717) is 5.92 Å². The van der Waals surface area contributed by atoms with Gasteiger partial charge in [0.25, 0.3) is 0 Å². The van der Waals surface area contributed by atoms with Gasteiger partial charge in [0, 0.05) is 5.75 Å². The molecule has 0 radical (unpaired) electrons. The van der Waals surface area contributed by atoms with E-state index >= 15 is 0 Å². The quantitative estimate of drug-likeness (QED) is 0.829. The maximum atomic E-state index is 10.4. The van der Waals surface area contributed by atoms with E-state index in [1.807, 2.05) is 11.8 Å². The highest BCUT2D eigenvalue weighted by atomic mass is 32.2. The summed E-state index contributed by atoms with van der Waals surface area (Å²) in [6, 6.07) is 8.45. The van der Waals surface area contributed by atoms with Crippen LogP contribution >= 0.6 is 11.8 Å². The first kappa shape index (κ1) is 11.0. The Balaban J connectivity index is 2.23. The topological polar surface area (TPSA) is 20.2 Å². The summed E-state index contributed by atoms with van der Waals surface area (Å²) >= 11 is 1.84. The van der Waals surface area contributed by atoms with E-state index in [1.54, 1.807) is 0 Å². The van der Waals surface area contributed by atoms with Crippen LogP contribution in [0.5, 0.6) is 0 Å². The monoisotopic (exact) mass is 222 g/mol. The lowest BCUT2D eigenvalue weighted by atomic mass is 9.91. The van der Waals surface area contributed by atoms with Crippen molar-refractivity contribution in [2.45, 2.75) is 31.8 Å². The van der Waals surface area contributed by atoms with E-state index in [-0.39, 0.29) is 0 Å². The first-order valence-electron chi connectivity index (χ1n) is 5.52. The zero-order chi connectivity index (χ0) is 10.9. The molecule has 2 heteroatoms. The molecule has 15 heavy (non-hydrogen) atoms. The van der Waals surface area contributed by atoms with E-state index < -0.39 is 5.60 Å². The molecule has 0 amide bonds. The van der Waals surface area contributed by atoms with Gasteiger partial charge >= 0.3 is 0 Å². The maximum Gasteiger partial charge on any atom is 0.0994 e. The van der Waals surface area contributed by atoms with Gasteiger partial charge in [-0.25, -0.2) is 0 Å². The van der Waals surface area contributed by atoms with E-state index in [1.165, 1.54) is 5.56 Å². The minimum absolute atomic E-state index is 0.562. The first-order chi connectivity index (χ1) is 7.12. The van der Waals surface area contributed by atoms with Crippen LogP contribution in [-0.4, -0.2) is 16.6 Å². The van der Waals surface area contributed by atoms with Gasteiger partial charge in [-0.3, -0.25) is 0 Å². The Bertz CT molecular complexity index is 323. The molecule has 1 heterocycles. The summed E-state index contributed by atoms with van der Waals surface area (Å²) in [5.41, 5.74) is 1.85. The molecule has 2 rings (SSSR count). The van der Waals surface area contributed by atoms with Gasteiger partial charge in [-0.15, -0.1) is 0 Å². The van der Waals surface area contributed by atoms with Crippen LogP contribution in [0, 0.1) is 0 Å². The van der Waals surface area contributed by atoms with Crippen LogP contribution < -0.4 is 0 Å². The lowest BCUT2D eigenvalue weighted by Crippen LogP contribution is -2.24. The normalized spacial score (nSPS) is 26.1. The number of aliphatic hydroxyl groups is 1. The smallest absolute Gasteiger partial charge is 0.0994 e. The third kappa shape index (κ3) is 2.21. The number of hydrogen-bond acceptors (Lipinski definition) is 2. The Morgan fingerprint density at radius 2 is 1.93 bits per heavy atom. The Labute approximate surface area is 95.9 Å². The average Bonchev–Trinajstić information content (AvgIpc) is 2.67. The van der Waals surface area contributed by atoms with Crippen LogP contribution in [0.25, 0.3) is 0 Å². The third-order valence-electron chi connectivity index (χ3n) is 3.12. The number of thioether (sulfide) groups is 1. The van der Waals surface area contributed by atoms with E-state index in [9.17, 15) is 5.11 Å². The molecule has 1 atom stereocenters. The van der Waals surface area contributed by atoms with Crippen molar-refractivity contribution >= 4 is 11.8 Å². The molecule has 0 saturated carbocycles. The van der Waals surface area contributed by atoms with Crippen molar-refractivity contribution in [3.8, 4) is 0 Å². The molecule has 1 saturated heterocycles. The highest BCUT2D eigenvalue weighted by Gasteiger charge is 2.33. The van der Waals surface area contributed by atoms with Gasteiger partial charge < -0.3 is 5.11 Å². The molecule has 0 aliphatic carbocycles. The fourth-order valence-corrected chi connectivity index (χ4v) is 3.24. The van der Waals surface area contributed by atoms with Crippen molar-refractivity contribution < 1.29 is 5.11 Å². The Kier molecular flexibility index (Phi) is 3.08. The van der Waals surface area contributed by atoms with Crippen LogP contribution in [0.3, 0.4) is 0 Å². The van der Waals surface area contributed by atoms with Crippen LogP contribution in [0.1, 0.15) is 37.3 Å². The molecule has 1 aliphatic rings. The third-order valence-corrected chi connectivity index (χ3v) is 4.29. The van der Waals surface area contributed by atoms with Crippen molar-refractivity contribution in [1.82, 2.24) is 0 Å². The van der Waals surface area contributed by atoms with Crippen molar-refractivity contribution in [2.24, 2.45) is 0 Å². The number of hydrogen-bond donors (Lipinski definition) is 1. The lowest BCUT2D eigenvalue weighted by molar-refractivity contribution is 0.0657. The summed E-state index contributed by atoms with van der Waals surface area (Å²) in [5, 5.41) is 10.4. The zero-order valence-electron chi connectivity index (χ0n) is 9.36. The van der Waals surface area contributed by atoms with Gasteiger partial charge in [0.05, 0.1) is 5.60 Å². The molecule has 0 bridgehead atoms. The molecule has 1 aromatic rings. The maximum absolute atomic E-state index is 10.4. The second kappa shape index (κ2) is 4.18. The molecule has 0 aromatic heterocycles. The minimum Gasteiger partial charge on any atom is -0.384 e. The van der Waals surface area contributed by atoms with Crippen molar-refractivity contribution in [1.29, 1.82) is 0 Å². The second-order valence-electron chi connectivity index (χ2n) is 4.61. The largest absolute Gasteiger partial charge is 0.384 e. The van der Waals surface area contributed by atoms with E-state index in [4.69, 9.17) is 0 Å². The Hall–Kier alpha value is -0.470. The molecule has 1 aromatic carbocycles. The number of benzene rings is 1. The van der Waals surface area contributed by atoms with Gasteiger partial charge in [-0.2, -0.15) is 11.8 Å². The van der Waals surface area contributed by atoms with Crippen LogP contribution in [0.2, 0.25) is 0 Å². The summed E-state index contributed by atoms with van der Waals surface area (Å²) in [7, 11) is 0. The van der Waals surface area contributed by atoms with Crippen molar-refractivity contribution in [3.63, 3.8) is 0 Å². The fraction of sp³-hybridized carbons (Fsp3) is 0.538. The van der Waals surface area contributed by atoms with Gasteiger partial charge in [0.1, 0.15) is 0 Å². The van der Waals surface area contributed by atoms with Crippen LogP contribution in [0.15, 0.2) is 24.3 Å². The summed E-state index contributed by atoms with van der Waals surface area (Å²) in [6.45, 7) is 4.38. The Morgan fingerprint density at radius 1 is 1.27 bits per heavy atom. The molecule has 0 spiro atoms. The van der Waals surface area contributed by atoms with E-state index in [0.717, 1.165) is 23.5 Å². The van der Waals surface area contributed by atoms with Gasteiger partial charge in [-0.1, -0.05) is 38.1 Å². The van der Waals surface area contributed by atoms with Gasteiger partial charge in [0.2, 0.25) is 0 Å². The van der Waals surface area contributed by atoms with Crippen molar-refractivity contribution in [3.05, 3.63) is 35.4 Å². The summed E-state index contributed by atoms with van der Waals surface area (Å²) in [5.74, 6) is 2.47. The summed E-state index contributed by atoms with van der Waals surface area (Å²) in [6.07, 6.45) is 0.888. The summed E-state index contributed by atoms with van der Waals surface area (Å²) in [4.78, 5) is 0. The first-order valence-corrected chi connectivity index (χ1v) is 6.68. The molecule has 82 valence electrons. The average molecular weight is 222 g/mol. The highest BCUT2D eigenvalue weighted by Crippen LogP contribution is 2.36. The zero-order valence-corrected chi connectivity index (χ0v) is 10.2. The predicted molar refractivity (Wildman–Crippen MR) is 66.4 cm³/mol. The number of rotatable bonds is 2. The molecule has 1 nitrogen and oxygen atoms in total. The molecular formula is C13H18OS. The molecule has 1 aliphatic heterocycles. The SMILES string of the molecule is CC(C)c1ccc(C2(O)CCSC2)cc1. The highest BCUT2D eigenvalue weighted by molar-refractivity contribution is 7.99. The van der Waals surface area contributed by atoms with Crippen molar-refractivity contribution in [2.75, 3.05) is 11.5 Å². The van der Waals surface area contributed by atoms with Crippen LogP contribution in [-0.2, 0) is 5.60 Å². The minimum atomic E-state index is -0.569. The fourth-order valence-electron chi connectivity index (χ4n) is 1.96. The summed E-state index contributed by atoms with van der Waals surface area (Å²) < 4.78 is 0. The standard InChI is InChI=1S/C13H18OS/c1-10(2)11-3-5-12(6-4-11)13(14)7-8-15-9-13/h3-6,10,14H,7-9H2,1-2H3. The molecule has 1 fully saturated rings. The molecule has 1 N–H and O–H groups in total. The van der Waals surface area contributed by atoms with Crippen LogP contribution in [0.4, 0.5) is 0 Å². The predicted octanol–water partition coefficient (Wildman–Crippen LogP) is 3.13. The van der Waals surface area contributed by atoms with E-state index in [2.05, 4.69) is 38.1 Å². The molecule has 1 unspecified atom stereocenters. The Morgan fingerprint density at radius 3 is 2.40 bits per heavy atom. The van der Waals surface area contributed by atoms with Gasteiger partial charge in [-0.05, 0) is 29.2 Å². The molecular weight excluding hydrogens is 204 g/mol.